The molecular formula is C12H24N2O2. The van der Waals surface area contributed by atoms with Crippen LogP contribution in [0.3, 0.4) is 0 Å². The number of aliphatic carboxylic acids is 1. The normalized spacial score (nSPS) is 25.6. The van der Waals surface area contributed by atoms with E-state index in [-0.39, 0.29) is 12.0 Å². The molecule has 0 spiro atoms. The standard InChI is InChI=1S/C12H24N2O2/c1-4-7-14-8-10(5-6-11(15)16)13-12(2,3)9-14/h10,13H,4-9H2,1-3H3,(H,15,16). The first-order chi connectivity index (χ1) is 7.43. The molecule has 1 unspecified atom stereocenters. The number of nitrogens with zero attached hydrogens (tertiary/aromatic N) is 1. The first kappa shape index (κ1) is 13.5. The third-order valence-electron chi connectivity index (χ3n) is 2.94. The molecule has 0 aromatic carbocycles. The van der Waals surface area contributed by atoms with Gasteiger partial charge < -0.3 is 10.4 Å². The van der Waals surface area contributed by atoms with Crippen LogP contribution in [0, 0.1) is 0 Å². The van der Waals surface area contributed by atoms with Gasteiger partial charge in [-0.05, 0) is 33.2 Å². The van der Waals surface area contributed by atoms with Crippen molar-refractivity contribution >= 4 is 5.97 Å². The largest absolute Gasteiger partial charge is 0.481 e. The van der Waals surface area contributed by atoms with Gasteiger partial charge in [0.15, 0.2) is 0 Å². The van der Waals surface area contributed by atoms with Gasteiger partial charge in [0.25, 0.3) is 0 Å². The van der Waals surface area contributed by atoms with E-state index in [1.807, 2.05) is 0 Å². The average Bonchev–Trinajstić information content (AvgIpc) is 2.12. The summed E-state index contributed by atoms with van der Waals surface area (Å²) in [6, 6.07) is 0.311. The van der Waals surface area contributed by atoms with Crippen molar-refractivity contribution in [2.75, 3.05) is 19.6 Å². The molecule has 1 aliphatic heterocycles. The van der Waals surface area contributed by atoms with E-state index in [4.69, 9.17) is 5.11 Å². The van der Waals surface area contributed by atoms with Gasteiger partial charge in [0, 0.05) is 31.1 Å². The summed E-state index contributed by atoms with van der Waals surface area (Å²) in [5.74, 6) is -0.702. The summed E-state index contributed by atoms with van der Waals surface area (Å²) < 4.78 is 0. The van der Waals surface area contributed by atoms with Gasteiger partial charge in [-0.15, -0.1) is 0 Å². The van der Waals surface area contributed by atoms with Gasteiger partial charge in [-0.1, -0.05) is 6.92 Å². The van der Waals surface area contributed by atoms with E-state index in [0.29, 0.717) is 6.04 Å². The smallest absolute Gasteiger partial charge is 0.303 e. The Labute approximate surface area is 98.0 Å². The molecule has 0 amide bonds. The van der Waals surface area contributed by atoms with Gasteiger partial charge in [0.05, 0.1) is 0 Å². The third kappa shape index (κ3) is 4.49. The highest BCUT2D eigenvalue weighted by Crippen LogP contribution is 2.16. The van der Waals surface area contributed by atoms with Crippen molar-refractivity contribution < 1.29 is 9.90 Å². The summed E-state index contributed by atoms with van der Waals surface area (Å²) in [4.78, 5) is 13.0. The van der Waals surface area contributed by atoms with E-state index < -0.39 is 5.97 Å². The van der Waals surface area contributed by atoms with Crippen LogP contribution in [0.4, 0.5) is 0 Å². The molecule has 0 radical (unpaired) electrons. The minimum atomic E-state index is -0.702. The Morgan fingerprint density at radius 1 is 1.56 bits per heavy atom. The van der Waals surface area contributed by atoms with Gasteiger partial charge in [0.1, 0.15) is 0 Å². The lowest BCUT2D eigenvalue weighted by molar-refractivity contribution is -0.137. The number of carboxylic acid groups (broad SMARTS) is 1. The van der Waals surface area contributed by atoms with Crippen molar-refractivity contribution in [3.8, 4) is 0 Å². The lowest BCUT2D eigenvalue weighted by Gasteiger charge is -2.44. The highest BCUT2D eigenvalue weighted by atomic mass is 16.4. The van der Waals surface area contributed by atoms with Crippen LogP contribution in [0.1, 0.15) is 40.0 Å². The first-order valence-electron chi connectivity index (χ1n) is 6.15. The molecule has 0 aromatic heterocycles. The minimum absolute atomic E-state index is 0.0938. The molecule has 4 nitrogen and oxygen atoms in total. The predicted octanol–water partition coefficient (Wildman–Crippen LogP) is 1.31. The van der Waals surface area contributed by atoms with Crippen LogP contribution in [-0.4, -0.2) is 47.2 Å². The fourth-order valence-corrected chi connectivity index (χ4v) is 2.53. The first-order valence-corrected chi connectivity index (χ1v) is 6.15. The second-order valence-electron chi connectivity index (χ2n) is 5.39. The Kier molecular flexibility index (Phi) is 4.74. The second-order valence-corrected chi connectivity index (χ2v) is 5.39. The summed E-state index contributed by atoms with van der Waals surface area (Å²) in [6.07, 6.45) is 2.13. The molecule has 0 aromatic rings. The molecule has 1 rings (SSSR count). The van der Waals surface area contributed by atoms with Crippen LogP contribution >= 0.6 is 0 Å². The number of carbonyl (C=O) groups is 1. The molecule has 4 heteroatoms. The van der Waals surface area contributed by atoms with Crippen LogP contribution in [0.15, 0.2) is 0 Å². The molecule has 94 valence electrons. The summed E-state index contributed by atoms with van der Waals surface area (Å²) in [5, 5.41) is 12.2. The number of carboxylic acids is 1. The van der Waals surface area contributed by atoms with Gasteiger partial charge in [-0.25, -0.2) is 0 Å². The molecule has 1 atom stereocenters. The van der Waals surface area contributed by atoms with E-state index in [9.17, 15) is 4.79 Å². The molecule has 2 N–H and O–H groups in total. The van der Waals surface area contributed by atoms with Crippen LogP contribution in [0.25, 0.3) is 0 Å². The molecule has 0 aliphatic carbocycles. The molecule has 1 heterocycles. The molecule has 0 bridgehead atoms. The zero-order valence-corrected chi connectivity index (χ0v) is 10.6. The maximum atomic E-state index is 10.6. The van der Waals surface area contributed by atoms with Crippen molar-refractivity contribution in [3.05, 3.63) is 0 Å². The van der Waals surface area contributed by atoms with E-state index in [0.717, 1.165) is 32.5 Å². The Hall–Kier alpha value is -0.610. The summed E-state index contributed by atoms with van der Waals surface area (Å²) in [7, 11) is 0. The highest BCUT2D eigenvalue weighted by molar-refractivity contribution is 5.66. The Morgan fingerprint density at radius 3 is 2.81 bits per heavy atom. The van der Waals surface area contributed by atoms with Crippen molar-refractivity contribution in [1.29, 1.82) is 0 Å². The van der Waals surface area contributed by atoms with Crippen molar-refractivity contribution in [2.45, 2.75) is 51.6 Å². The van der Waals surface area contributed by atoms with Gasteiger partial charge in [-0.3, -0.25) is 9.69 Å². The van der Waals surface area contributed by atoms with Gasteiger partial charge in [0.2, 0.25) is 0 Å². The topological polar surface area (TPSA) is 52.6 Å². The number of rotatable bonds is 5. The maximum absolute atomic E-state index is 10.6. The fraction of sp³-hybridized carbons (Fsp3) is 0.917. The molecule has 1 saturated heterocycles. The van der Waals surface area contributed by atoms with Crippen LogP contribution in [0.5, 0.6) is 0 Å². The summed E-state index contributed by atoms with van der Waals surface area (Å²) >= 11 is 0. The van der Waals surface area contributed by atoms with E-state index in [2.05, 4.69) is 31.0 Å². The van der Waals surface area contributed by atoms with Crippen molar-refractivity contribution in [1.82, 2.24) is 10.2 Å². The summed E-state index contributed by atoms with van der Waals surface area (Å²) in [5.41, 5.74) is 0.0938. The predicted molar refractivity (Wildman–Crippen MR) is 64.6 cm³/mol. The second kappa shape index (κ2) is 5.64. The highest BCUT2D eigenvalue weighted by Gasteiger charge is 2.31. The van der Waals surface area contributed by atoms with E-state index in [1.165, 1.54) is 0 Å². The van der Waals surface area contributed by atoms with Crippen LogP contribution in [-0.2, 0) is 4.79 Å². The quantitative estimate of drug-likeness (QED) is 0.745. The molecule has 1 fully saturated rings. The lowest BCUT2D eigenvalue weighted by atomic mass is 9.96. The Bertz CT molecular complexity index is 241. The zero-order valence-electron chi connectivity index (χ0n) is 10.6. The fourth-order valence-electron chi connectivity index (χ4n) is 2.53. The van der Waals surface area contributed by atoms with Gasteiger partial charge in [-0.2, -0.15) is 0 Å². The number of piperazine rings is 1. The Morgan fingerprint density at radius 2 is 2.25 bits per heavy atom. The third-order valence-corrected chi connectivity index (χ3v) is 2.94. The number of nitrogens with one attached hydrogen (secondary N) is 1. The SMILES string of the molecule is CCCN1CC(CCC(=O)O)NC(C)(C)C1. The van der Waals surface area contributed by atoms with Crippen LogP contribution in [0.2, 0.25) is 0 Å². The van der Waals surface area contributed by atoms with E-state index >= 15 is 0 Å². The maximum Gasteiger partial charge on any atom is 0.303 e. The zero-order chi connectivity index (χ0) is 12.2. The molecule has 16 heavy (non-hydrogen) atoms. The van der Waals surface area contributed by atoms with Crippen LogP contribution < -0.4 is 5.32 Å². The minimum Gasteiger partial charge on any atom is -0.481 e. The van der Waals surface area contributed by atoms with Gasteiger partial charge >= 0.3 is 5.97 Å². The Balaban J connectivity index is 2.47. The molecule has 0 saturated carbocycles. The monoisotopic (exact) mass is 228 g/mol. The molecule has 1 aliphatic rings. The van der Waals surface area contributed by atoms with Crippen molar-refractivity contribution in [3.63, 3.8) is 0 Å². The molecular weight excluding hydrogens is 204 g/mol. The van der Waals surface area contributed by atoms with E-state index in [1.54, 1.807) is 0 Å². The lowest BCUT2D eigenvalue weighted by Crippen LogP contribution is -2.62. The average molecular weight is 228 g/mol. The number of hydrogen-bond donors (Lipinski definition) is 2. The summed E-state index contributed by atoms with van der Waals surface area (Å²) in [6.45, 7) is 9.68. The van der Waals surface area contributed by atoms with Crippen molar-refractivity contribution in [2.24, 2.45) is 0 Å². The number of hydrogen-bond acceptors (Lipinski definition) is 3.